The topological polar surface area (TPSA) is 72.7 Å². The van der Waals surface area contributed by atoms with Crippen LogP contribution in [-0.2, 0) is 0 Å². The average molecular weight is 249 g/mol. The number of aliphatic hydroxyl groups excluding tert-OH is 3. The highest BCUT2D eigenvalue weighted by atomic mass is 16.3. The first-order valence-electron chi connectivity index (χ1n) is 6.48. The highest BCUT2D eigenvalue weighted by molar-refractivity contribution is 5.24. The first kappa shape index (κ1) is 12.1. The summed E-state index contributed by atoms with van der Waals surface area (Å²) in [5, 5.41) is 33.8. The summed E-state index contributed by atoms with van der Waals surface area (Å²) in [4.78, 5) is 0. The van der Waals surface area contributed by atoms with E-state index in [1.54, 1.807) is 0 Å². The molecule has 1 spiro atoms. The Kier molecular flexibility index (Phi) is 2.90. The van der Waals surface area contributed by atoms with E-state index in [2.05, 4.69) is 5.32 Å². The molecule has 0 bridgehead atoms. The van der Waals surface area contributed by atoms with Gasteiger partial charge in [0.25, 0.3) is 0 Å². The maximum Gasteiger partial charge on any atom is 0.0927 e. The van der Waals surface area contributed by atoms with Crippen molar-refractivity contribution in [2.45, 2.75) is 36.7 Å². The predicted octanol–water partition coefficient (Wildman–Crippen LogP) is 0.194. The zero-order valence-electron chi connectivity index (χ0n) is 10.2. The zero-order chi connectivity index (χ0) is 12.8. The van der Waals surface area contributed by atoms with Crippen LogP contribution >= 0.6 is 0 Å². The van der Waals surface area contributed by atoms with E-state index in [0.29, 0.717) is 6.54 Å². The van der Waals surface area contributed by atoms with Crippen LogP contribution in [0.5, 0.6) is 0 Å². The molecule has 2 aliphatic rings. The zero-order valence-corrected chi connectivity index (χ0v) is 10.2. The molecule has 4 heteroatoms. The molecule has 4 N–H and O–H groups in total. The van der Waals surface area contributed by atoms with Crippen molar-refractivity contribution in [1.29, 1.82) is 0 Å². The minimum Gasteiger partial charge on any atom is -0.390 e. The number of rotatable bonds is 2. The molecule has 1 saturated carbocycles. The minimum atomic E-state index is -0.871. The van der Waals surface area contributed by atoms with Crippen LogP contribution in [0.25, 0.3) is 0 Å². The highest BCUT2D eigenvalue weighted by Gasteiger charge is 2.58. The quantitative estimate of drug-likeness (QED) is 0.604. The van der Waals surface area contributed by atoms with Gasteiger partial charge in [-0.3, -0.25) is 0 Å². The molecule has 3 rings (SSSR count). The summed E-state index contributed by atoms with van der Waals surface area (Å²) >= 11 is 0. The smallest absolute Gasteiger partial charge is 0.0927 e. The normalized spacial score (nSPS) is 35.4. The van der Waals surface area contributed by atoms with Crippen molar-refractivity contribution in [3.63, 3.8) is 0 Å². The summed E-state index contributed by atoms with van der Waals surface area (Å²) in [6, 6.07) is 9.35. The lowest BCUT2D eigenvalue weighted by molar-refractivity contribution is -0.0989. The molecule has 0 radical (unpaired) electrons. The Balaban J connectivity index is 1.88. The Morgan fingerprint density at radius 1 is 1.17 bits per heavy atom. The molecule has 18 heavy (non-hydrogen) atoms. The molecule has 1 saturated heterocycles. The minimum absolute atomic E-state index is 0.187. The number of β-amino-alcohol motifs (C(OH)–C–C–N with tert-alkyl or cyclic N) is 1. The predicted molar refractivity (Wildman–Crippen MR) is 66.9 cm³/mol. The fourth-order valence-electron chi connectivity index (χ4n) is 3.10. The van der Waals surface area contributed by atoms with Crippen molar-refractivity contribution in [3.05, 3.63) is 35.9 Å². The first-order chi connectivity index (χ1) is 8.64. The average Bonchev–Trinajstić information content (AvgIpc) is 3.16. The van der Waals surface area contributed by atoms with Gasteiger partial charge in [0.1, 0.15) is 0 Å². The van der Waals surface area contributed by atoms with E-state index >= 15 is 0 Å². The van der Waals surface area contributed by atoms with Gasteiger partial charge < -0.3 is 20.6 Å². The summed E-state index contributed by atoms with van der Waals surface area (Å²) in [6.45, 7) is 0.402. The van der Waals surface area contributed by atoms with Gasteiger partial charge in [-0.2, -0.15) is 0 Å². The summed E-state index contributed by atoms with van der Waals surface area (Å²) in [5.41, 5.74) is 0.609. The van der Waals surface area contributed by atoms with Crippen molar-refractivity contribution < 1.29 is 15.3 Å². The Labute approximate surface area is 106 Å². The van der Waals surface area contributed by atoms with E-state index < -0.39 is 18.3 Å². The molecule has 0 amide bonds. The van der Waals surface area contributed by atoms with E-state index in [0.717, 1.165) is 18.4 Å². The molecule has 1 aliphatic carbocycles. The Hall–Kier alpha value is -0.940. The standard InChI is InChI=1S/C14H19NO3/c16-10-8-15-14(6-7-14)11(13(10)18)12(17)9-4-2-1-3-5-9/h1-5,10-13,15-18H,6-8H2/t10-,11-,12-,13+/m1/s1. The molecule has 1 aromatic rings. The Bertz CT molecular complexity index is 418. The maximum atomic E-state index is 10.5. The molecule has 0 unspecified atom stereocenters. The second kappa shape index (κ2) is 4.31. The maximum absolute atomic E-state index is 10.5. The van der Waals surface area contributed by atoms with E-state index in [1.165, 1.54) is 0 Å². The molecule has 1 aliphatic heterocycles. The SMILES string of the molecule is O[C@@H]1[C@@H]([C@H](O)c2ccccc2)C2(CC2)NC[C@H]1O. The second-order valence-electron chi connectivity index (χ2n) is 5.48. The molecule has 4 nitrogen and oxygen atoms in total. The summed E-state index contributed by atoms with van der Waals surface area (Å²) in [6.07, 6.45) is -0.522. The van der Waals surface area contributed by atoms with Crippen molar-refractivity contribution >= 4 is 0 Å². The molecule has 0 aromatic heterocycles. The van der Waals surface area contributed by atoms with Crippen molar-refractivity contribution in [2.75, 3.05) is 6.54 Å². The molecule has 2 fully saturated rings. The Morgan fingerprint density at radius 3 is 2.44 bits per heavy atom. The largest absolute Gasteiger partial charge is 0.390 e. The number of benzene rings is 1. The highest BCUT2D eigenvalue weighted by Crippen LogP contribution is 2.51. The monoisotopic (exact) mass is 249 g/mol. The van der Waals surface area contributed by atoms with Gasteiger partial charge in [0, 0.05) is 18.0 Å². The molecule has 1 aromatic carbocycles. The second-order valence-corrected chi connectivity index (χ2v) is 5.48. The van der Waals surface area contributed by atoms with Gasteiger partial charge in [-0.05, 0) is 18.4 Å². The van der Waals surface area contributed by atoms with E-state index in [9.17, 15) is 15.3 Å². The van der Waals surface area contributed by atoms with Gasteiger partial charge in [-0.15, -0.1) is 0 Å². The lowest BCUT2D eigenvalue weighted by Gasteiger charge is -2.42. The fraction of sp³-hybridized carbons (Fsp3) is 0.571. The summed E-state index contributed by atoms with van der Waals surface area (Å²) < 4.78 is 0. The van der Waals surface area contributed by atoms with Crippen molar-refractivity contribution in [1.82, 2.24) is 5.32 Å². The third-order valence-corrected chi connectivity index (χ3v) is 4.33. The third-order valence-electron chi connectivity index (χ3n) is 4.33. The van der Waals surface area contributed by atoms with Gasteiger partial charge in [-0.25, -0.2) is 0 Å². The number of hydrogen-bond acceptors (Lipinski definition) is 4. The molecular formula is C14H19NO3. The van der Waals surface area contributed by atoms with Crippen LogP contribution in [0.15, 0.2) is 30.3 Å². The van der Waals surface area contributed by atoms with Crippen LogP contribution in [0.2, 0.25) is 0 Å². The number of piperidine rings is 1. The van der Waals surface area contributed by atoms with Crippen LogP contribution in [0.3, 0.4) is 0 Å². The van der Waals surface area contributed by atoms with Crippen LogP contribution in [0, 0.1) is 5.92 Å². The molecule has 1 heterocycles. The third kappa shape index (κ3) is 1.86. The lowest BCUT2D eigenvalue weighted by atomic mass is 9.78. The van der Waals surface area contributed by atoms with Gasteiger partial charge in [-0.1, -0.05) is 30.3 Å². The first-order valence-corrected chi connectivity index (χ1v) is 6.48. The van der Waals surface area contributed by atoms with E-state index in [1.807, 2.05) is 30.3 Å². The molecular weight excluding hydrogens is 230 g/mol. The Morgan fingerprint density at radius 2 is 1.83 bits per heavy atom. The van der Waals surface area contributed by atoms with Gasteiger partial charge >= 0.3 is 0 Å². The molecule has 98 valence electrons. The van der Waals surface area contributed by atoms with Crippen molar-refractivity contribution in [3.8, 4) is 0 Å². The number of nitrogens with one attached hydrogen (secondary N) is 1. The van der Waals surface area contributed by atoms with Crippen molar-refractivity contribution in [2.24, 2.45) is 5.92 Å². The number of hydrogen-bond donors (Lipinski definition) is 4. The van der Waals surface area contributed by atoms with E-state index in [-0.39, 0.29) is 11.5 Å². The summed E-state index contributed by atoms with van der Waals surface area (Å²) in [5.74, 6) is -0.344. The van der Waals surface area contributed by atoms with Gasteiger partial charge in [0.15, 0.2) is 0 Å². The van der Waals surface area contributed by atoms with Gasteiger partial charge in [0.05, 0.1) is 18.3 Å². The van der Waals surface area contributed by atoms with Crippen LogP contribution in [-0.4, -0.2) is 39.6 Å². The van der Waals surface area contributed by atoms with Crippen LogP contribution in [0.4, 0.5) is 0 Å². The fourth-order valence-corrected chi connectivity index (χ4v) is 3.10. The van der Waals surface area contributed by atoms with Crippen LogP contribution in [0.1, 0.15) is 24.5 Å². The summed E-state index contributed by atoms with van der Waals surface area (Å²) in [7, 11) is 0. The van der Waals surface area contributed by atoms with Gasteiger partial charge in [0.2, 0.25) is 0 Å². The van der Waals surface area contributed by atoms with Crippen LogP contribution < -0.4 is 5.32 Å². The number of aliphatic hydroxyl groups is 3. The molecule has 4 atom stereocenters. The van der Waals surface area contributed by atoms with E-state index in [4.69, 9.17) is 0 Å². The lowest BCUT2D eigenvalue weighted by Crippen LogP contribution is -2.59.